The minimum Gasteiger partial charge on any atom is -0.319 e. The van der Waals surface area contributed by atoms with Crippen molar-refractivity contribution in [2.24, 2.45) is 0 Å². The van der Waals surface area contributed by atoms with Crippen molar-refractivity contribution in [3.8, 4) is 0 Å². The van der Waals surface area contributed by atoms with Crippen molar-refractivity contribution in [3.63, 3.8) is 0 Å². The van der Waals surface area contributed by atoms with Gasteiger partial charge in [0.15, 0.2) is 0 Å². The summed E-state index contributed by atoms with van der Waals surface area (Å²) in [6.07, 6.45) is 10.8. The molecule has 2 aromatic rings. The largest absolute Gasteiger partial charge is 0.319 e. The summed E-state index contributed by atoms with van der Waals surface area (Å²) < 4.78 is 1.79. The van der Waals surface area contributed by atoms with Crippen LogP contribution >= 0.6 is 0 Å². The minimum absolute atomic E-state index is 0.126. The molecular weight excluding hydrogens is 202 g/mol. The lowest BCUT2D eigenvalue weighted by atomic mass is 10.2. The molecule has 0 aliphatic heterocycles. The van der Waals surface area contributed by atoms with Crippen LogP contribution in [0.25, 0.3) is 17.7 Å². The number of fused-ring (bicyclic) bond motifs is 1. The van der Waals surface area contributed by atoms with Crippen LogP contribution in [0.3, 0.4) is 0 Å². The minimum atomic E-state index is -0.126. The molecule has 2 aromatic heterocycles. The van der Waals surface area contributed by atoms with Crippen molar-refractivity contribution < 1.29 is 0 Å². The fourth-order valence-electron chi connectivity index (χ4n) is 1.66. The molecule has 1 N–H and O–H groups in total. The highest BCUT2D eigenvalue weighted by atomic mass is 16.1. The summed E-state index contributed by atoms with van der Waals surface area (Å²) in [6.45, 7) is 3.85. The molecule has 2 heterocycles. The van der Waals surface area contributed by atoms with Crippen LogP contribution in [0.5, 0.6) is 0 Å². The van der Waals surface area contributed by atoms with E-state index >= 15 is 0 Å². The number of imidazole rings is 1. The van der Waals surface area contributed by atoms with E-state index in [9.17, 15) is 4.79 Å². The second kappa shape index (κ2) is 4.18. The number of H-pyrrole nitrogens is 1. The zero-order chi connectivity index (χ0) is 11.5. The van der Waals surface area contributed by atoms with E-state index in [1.807, 2.05) is 38.2 Å². The van der Waals surface area contributed by atoms with Crippen LogP contribution in [0.15, 0.2) is 29.5 Å². The van der Waals surface area contributed by atoms with Gasteiger partial charge in [0, 0.05) is 0 Å². The molecule has 0 unspecified atom stereocenters. The fraction of sp³-hybridized carbons (Fsp3) is 0.167. The van der Waals surface area contributed by atoms with E-state index in [1.165, 1.54) is 0 Å². The van der Waals surface area contributed by atoms with Gasteiger partial charge in [0.2, 0.25) is 0 Å². The first-order valence-electron chi connectivity index (χ1n) is 5.11. The first-order chi connectivity index (χ1) is 7.77. The number of rotatable bonds is 2. The molecule has 0 aliphatic rings. The van der Waals surface area contributed by atoms with Gasteiger partial charge in [0.25, 0.3) is 5.56 Å². The second-order valence-corrected chi connectivity index (χ2v) is 3.40. The van der Waals surface area contributed by atoms with Crippen molar-refractivity contribution in [3.05, 3.63) is 46.4 Å². The van der Waals surface area contributed by atoms with Gasteiger partial charge < -0.3 is 4.98 Å². The van der Waals surface area contributed by atoms with E-state index in [0.717, 1.165) is 11.4 Å². The summed E-state index contributed by atoms with van der Waals surface area (Å²) in [7, 11) is 0. The highest BCUT2D eigenvalue weighted by Gasteiger charge is 2.06. The Bertz CT molecular complexity index is 617. The third kappa shape index (κ3) is 1.58. The molecule has 0 radical (unpaired) electrons. The number of aromatic nitrogens is 3. The van der Waals surface area contributed by atoms with E-state index in [-0.39, 0.29) is 5.56 Å². The van der Waals surface area contributed by atoms with E-state index < -0.39 is 0 Å². The molecule has 0 amide bonds. The van der Waals surface area contributed by atoms with Crippen molar-refractivity contribution in [2.45, 2.75) is 13.8 Å². The number of nitrogens with one attached hydrogen (secondary N) is 1. The molecule has 0 fully saturated rings. The normalized spacial score (nSPS) is 12.1. The van der Waals surface area contributed by atoms with Gasteiger partial charge in [-0.25, -0.2) is 4.98 Å². The predicted octanol–water partition coefficient (Wildman–Crippen LogP) is 2.09. The molecule has 0 atom stereocenters. The summed E-state index contributed by atoms with van der Waals surface area (Å²) in [6, 6.07) is 0. The molecule has 0 bridgehead atoms. The Morgan fingerprint density at radius 2 is 2.06 bits per heavy atom. The molecule has 4 heteroatoms. The Hall–Kier alpha value is -2.10. The lowest BCUT2D eigenvalue weighted by Gasteiger charge is -2.04. The average molecular weight is 215 g/mol. The first-order valence-corrected chi connectivity index (χ1v) is 5.11. The summed E-state index contributed by atoms with van der Waals surface area (Å²) in [5, 5.41) is 0. The maximum Gasteiger partial charge on any atom is 0.274 e. The molecule has 0 aliphatic carbocycles. The summed E-state index contributed by atoms with van der Waals surface area (Å²) in [5.41, 5.74) is 2.14. The second-order valence-electron chi connectivity index (χ2n) is 3.40. The molecule has 2 rings (SSSR count). The van der Waals surface area contributed by atoms with Crippen LogP contribution in [0.1, 0.15) is 25.2 Å². The summed E-state index contributed by atoms with van der Waals surface area (Å²) in [4.78, 5) is 18.5. The molecule has 16 heavy (non-hydrogen) atoms. The number of allylic oxidation sites excluding steroid dienone is 2. The fourth-order valence-corrected chi connectivity index (χ4v) is 1.66. The number of hydrogen-bond donors (Lipinski definition) is 1. The lowest BCUT2D eigenvalue weighted by Crippen LogP contribution is -2.13. The van der Waals surface area contributed by atoms with Gasteiger partial charge in [0.05, 0.1) is 23.9 Å². The van der Waals surface area contributed by atoms with E-state index in [0.29, 0.717) is 5.52 Å². The molecule has 4 nitrogen and oxygen atoms in total. The van der Waals surface area contributed by atoms with Gasteiger partial charge in [-0.2, -0.15) is 0 Å². The van der Waals surface area contributed by atoms with Crippen molar-refractivity contribution in [1.29, 1.82) is 0 Å². The van der Waals surface area contributed by atoms with Crippen LogP contribution in [0.4, 0.5) is 0 Å². The highest BCUT2D eigenvalue weighted by Crippen LogP contribution is 2.10. The summed E-state index contributed by atoms with van der Waals surface area (Å²) >= 11 is 0. The predicted molar refractivity (Wildman–Crippen MR) is 65.2 cm³/mol. The van der Waals surface area contributed by atoms with Gasteiger partial charge in [-0.15, -0.1) is 0 Å². The topological polar surface area (TPSA) is 50.2 Å². The van der Waals surface area contributed by atoms with Crippen LogP contribution in [0.2, 0.25) is 0 Å². The Kier molecular flexibility index (Phi) is 2.72. The molecule has 82 valence electrons. The third-order valence-corrected chi connectivity index (χ3v) is 2.31. The third-order valence-electron chi connectivity index (χ3n) is 2.31. The number of nitrogens with zero attached hydrogens (tertiary/aromatic N) is 2. The first kappa shape index (κ1) is 10.4. The van der Waals surface area contributed by atoms with Gasteiger partial charge in [-0.3, -0.25) is 9.20 Å². The van der Waals surface area contributed by atoms with Crippen LogP contribution in [0, 0.1) is 0 Å². The van der Waals surface area contributed by atoms with Crippen LogP contribution in [-0.2, 0) is 0 Å². The molecule has 0 saturated carbocycles. The highest BCUT2D eigenvalue weighted by molar-refractivity contribution is 5.63. The van der Waals surface area contributed by atoms with Crippen molar-refractivity contribution in [1.82, 2.24) is 14.4 Å². The number of hydrogen-bond acceptors (Lipinski definition) is 2. The van der Waals surface area contributed by atoms with Crippen molar-refractivity contribution >= 4 is 17.7 Å². The summed E-state index contributed by atoms with van der Waals surface area (Å²) in [5.74, 6) is 0. The van der Waals surface area contributed by atoms with Crippen molar-refractivity contribution in [2.75, 3.05) is 0 Å². The molecule has 0 aromatic carbocycles. The van der Waals surface area contributed by atoms with Gasteiger partial charge >= 0.3 is 0 Å². The maximum absolute atomic E-state index is 11.7. The van der Waals surface area contributed by atoms with E-state index in [4.69, 9.17) is 0 Å². The van der Waals surface area contributed by atoms with Gasteiger partial charge in [0.1, 0.15) is 5.52 Å². The maximum atomic E-state index is 11.7. The lowest BCUT2D eigenvalue weighted by molar-refractivity contribution is 1.06. The Morgan fingerprint density at radius 3 is 2.75 bits per heavy atom. The molecule has 0 spiro atoms. The zero-order valence-electron chi connectivity index (χ0n) is 9.27. The quantitative estimate of drug-likeness (QED) is 0.833. The van der Waals surface area contributed by atoms with Gasteiger partial charge in [-0.1, -0.05) is 12.2 Å². The SMILES string of the molecule is C/C=C\c1[nH]c(=O)c2cncn2c1/C=C\C. The monoisotopic (exact) mass is 215 g/mol. The Balaban J connectivity index is 2.88. The molecular formula is C12H13N3O. The van der Waals surface area contributed by atoms with Crippen LogP contribution in [-0.4, -0.2) is 14.4 Å². The average Bonchev–Trinajstić information content (AvgIpc) is 2.73. The zero-order valence-corrected chi connectivity index (χ0v) is 9.27. The molecule has 0 saturated heterocycles. The van der Waals surface area contributed by atoms with Crippen LogP contribution < -0.4 is 5.56 Å². The Morgan fingerprint density at radius 1 is 1.31 bits per heavy atom. The van der Waals surface area contributed by atoms with E-state index in [1.54, 1.807) is 16.9 Å². The smallest absolute Gasteiger partial charge is 0.274 e. The number of aromatic amines is 1. The Labute approximate surface area is 93.0 Å². The van der Waals surface area contributed by atoms with E-state index in [2.05, 4.69) is 9.97 Å². The standard InChI is InChI=1S/C12H13N3O/c1-3-5-9-10(6-4-2)15-8-13-7-11(15)12(16)14-9/h3-8H,1-2H3,(H,14,16)/b5-3-,6-4-. The van der Waals surface area contributed by atoms with Gasteiger partial charge in [-0.05, 0) is 26.0 Å².